The number of carbonyl (C=O) groups excluding carboxylic acids is 1. The van der Waals surface area contributed by atoms with Gasteiger partial charge in [-0.05, 0) is 31.2 Å². The van der Waals surface area contributed by atoms with Crippen molar-refractivity contribution in [2.24, 2.45) is 0 Å². The van der Waals surface area contributed by atoms with Crippen molar-refractivity contribution < 1.29 is 14.6 Å². The minimum Gasteiger partial charge on any atom is -0.445 e. The van der Waals surface area contributed by atoms with Crippen LogP contribution in [0.1, 0.15) is 5.56 Å². The summed E-state index contributed by atoms with van der Waals surface area (Å²) >= 11 is 3.36. The zero-order chi connectivity index (χ0) is 13.4. The molecule has 0 fully saturated rings. The highest BCUT2D eigenvalue weighted by molar-refractivity contribution is 9.10. The topological polar surface area (TPSA) is 70.6 Å². The molecule has 1 amide bonds. The summed E-state index contributed by atoms with van der Waals surface area (Å²) in [6.45, 7) is 0.427. The van der Waals surface area contributed by atoms with Crippen LogP contribution in [0.3, 0.4) is 0 Å². The molecule has 1 rings (SSSR count). The van der Waals surface area contributed by atoms with Crippen molar-refractivity contribution in [3.63, 3.8) is 0 Å². The summed E-state index contributed by atoms with van der Waals surface area (Å²) in [4.78, 5) is 11.2. The number of amides is 1. The molecule has 1 atom stereocenters. The third-order valence-electron chi connectivity index (χ3n) is 2.30. The van der Waals surface area contributed by atoms with Crippen LogP contribution in [0.25, 0.3) is 0 Å². The van der Waals surface area contributed by atoms with E-state index in [0.717, 1.165) is 16.5 Å². The molecule has 1 aromatic carbocycles. The number of ether oxygens (including phenoxy) is 1. The Hall–Kier alpha value is -1.11. The second kappa shape index (κ2) is 8.07. The third kappa shape index (κ3) is 6.00. The molecule has 18 heavy (non-hydrogen) atoms. The van der Waals surface area contributed by atoms with E-state index in [0.29, 0.717) is 6.54 Å². The maximum atomic E-state index is 11.2. The molecule has 0 aliphatic carbocycles. The molecule has 0 saturated heterocycles. The number of nitrogens with one attached hydrogen (secondary N) is 2. The fourth-order valence-electron chi connectivity index (χ4n) is 1.25. The Morgan fingerprint density at radius 3 is 2.72 bits per heavy atom. The van der Waals surface area contributed by atoms with Crippen LogP contribution < -0.4 is 10.6 Å². The number of aliphatic hydroxyl groups excluding tert-OH is 1. The van der Waals surface area contributed by atoms with Crippen LogP contribution in [-0.2, 0) is 11.2 Å². The minimum absolute atomic E-state index is 0.0688. The summed E-state index contributed by atoms with van der Waals surface area (Å²) < 4.78 is 5.81. The Bertz CT molecular complexity index is 370. The Morgan fingerprint density at radius 2 is 2.11 bits per heavy atom. The monoisotopic (exact) mass is 316 g/mol. The fraction of sp³-hybridized carbons (Fsp3) is 0.417. The predicted octanol–water partition coefficient (Wildman–Crippen LogP) is 1.26. The summed E-state index contributed by atoms with van der Waals surface area (Å²) in [5, 5.41) is 14.3. The van der Waals surface area contributed by atoms with Crippen molar-refractivity contribution in [2.75, 3.05) is 20.2 Å². The van der Waals surface area contributed by atoms with Gasteiger partial charge >= 0.3 is 6.09 Å². The molecule has 0 bridgehead atoms. The van der Waals surface area contributed by atoms with Gasteiger partial charge in [-0.2, -0.15) is 0 Å². The second-order valence-corrected chi connectivity index (χ2v) is 4.62. The van der Waals surface area contributed by atoms with Gasteiger partial charge in [0.1, 0.15) is 12.8 Å². The Balaban J connectivity index is 2.17. The van der Waals surface area contributed by atoms with Crippen molar-refractivity contribution in [1.82, 2.24) is 10.6 Å². The van der Waals surface area contributed by atoms with Gasteiger partial charge in [-0.15, -0.1) is 0 Å². The standard InChI is InChI=1S/C12H17BrN2O3/c1-14-11(16)8-18-12(17)15-7-6-9-2-4-10(13)5-3-9/h2-5,11,14,16H,6-8H2,1H3,(H,15,17). The molecule has 1 aromatic rings. The second-order valence-electron chi connectivity index (χ2n) is 3.71. The third-order valence-corrected chi connectivity index (χ3v) is 2.83. The molecule has 3 N–H and O–H groups in total. The maximum absolute atomic E-state index is 11.2. The minimum atomic E-state index is -0.831. The molecule has 0 aliphatic heterocycles. The normalized spacial score (nSPS) is 11.9. The first-order valence-electron chi connectivity index (χ1n) is 5.62. The van der Waals surface area contributed by atoms with E-state index < -0.39 is 12.3 Å². The van der Waals surface area contributed by atoms with E-state index in [1.165, 1.54) is 0 Å². The molecule has 6 heteroatoms. The van der Waals surface area contributed by atoms with Gasteiger partial charge in [-0.1, -0.05) is 28.1 Å². The molecule has 0 saturated carbocycles. The van der Waals surface area contributed by atoms with Gasteiger partial charge in [-0.25, -0.2) is 4.79 Å². The number of benzene rings is 1. The van der Waals surface area contributed by atoms with Crippen molar-refractivity contribution >= 4 is 22.0 Å². The van der Waals surface area contributed by atoms with Gasteiger partial charge in [0.25, 0.3) is 0 Å². The zero-order valence-corrected chi connectivity index (χ0v) is 11.7. The molecule has 0 aromatic heterocycles. The predicted molar refractivity (Wildman–Crippen MR) is 72.3 cm³/mol. The number of hydrogen-bond donors (Lipinski definition) is 3. The van der Waals surface area contributed by atoms with E-state index in [1.807, 2.05) is 24.3 Å². The smallest absolute Gasteiger partial charge is 0.407 e. The first kappa shape index (κ1) is 14.9. The van der Waals surface area contributed by atoms with Crippen LogP contribution >= 0.6 is 15.9 Å². The van der Waals surface area contributed by atoms with Gasteiger partial charge in [0.05, 0.1) is 0 Å². The highest BCUT2D eigenvalue weighted by atomic mass is 79.9. The van der Waals surface area contributed by atoms with Crippen LogP contribution in [0, 0.1) is 0 Å². The molecule has 100 valence electrons. The quantitative estimate of drug-likeness (QED) is 0.691. The average molecular weight is 317 g/mol. The number of carbonyl (C=O) groups is 1. The lowest BCUT2D eigenvalue weighted by Gasteiger charge is -2.10. The first-order chi connectivity index (χ1) is 8.61. The van der Waals surface area contributed by atoms with E-state index in [9.17, 15) is 4.79 Å². The molecule has 0 spiro atoms. The van der Waals surface area contributed by atoms with Gasteiger partial charge < -0.3 is 15.2 Å². The molecule has 1 unspecified atom stereocenters. The van der Waals surface area contributed by atoms with Crippen molar-refractivity contribution in [1.29, 1.82) is 0 Å². The fourth-order valence-corrected chi connectivity index (χ4v) is 1.51. The summed E-state index contributed by atoms with van der Waals surface area (Å²) in [6, 6.07) is 7.89. The van der Waals surface area contributed by atoms with E-state index in [-0.39, 0.29) is 6.61 Å². The number of likely N-dealkylation sites (N-methyl/N-ethyl adjacent to an activating group) is 1. The van der Waals surface area contributed by atoms with E-state index in [2.05, 4.69) is 26.6 Å². The highest BCUT2D eigenvalue weighted by Gasteiger charge is 2.05. The van der Waals surface area contributed by atoms with Crippen LogP contribution in [0.15, 0.2) is 28.7 Å². The number of hydrogen-bond acceptors (Lipinski definition) is 4. The van der Waals surface area contributed by atoms with Gasteiger partial charge in [0, 0.05) is 11.0 Å². The summed E-state index contributed by atoms with van der Waals surface area (Å²) in [7, 11) is 1.58. The number of halogens is 1. The van der Waals surface area contributed by atoms with Crippen LogP contribution in [0.5, 0.6) is 0 Å². The van der Waals surface area contributed by atoms with Crippen molar-refractivity contribution in [3.8, 4) is 0 Å². The van der Waals surface area contributed by atoms with E-state index in [4.69, 9.17) is 9.84 Å². The Kier molecular flexibility index (Phi) is 6.70. The lowest BCUT2D eigenvalue weighted by atomic mass is 10.1. The maximum Gasteiger partial charge on any atom is 0.407 e. The summed E-state index contributed by atoms with van der Waals surface area (Å²) in [5.74, 6) is 0. The molecule has 0 aliphatic rings. The summed E-state index contributed by atoms with van der Waals surface area (Å²) in [5.41, 5.74) is 1.13. The largest absolute Gasteiger partial charge is 0.445 e. The molecule has 5 nitrogen and oxygen atoms in total. The Morgan fingerprint density at radius 1 is 1.44 bits per heavy atom. The van der Waals surface area contributed by atoms with Gasteiger partial charge in [0.15, 0.2) is 0 Å². The molecule has 0 heterocycles. The molecular weight excluding hydrogens is 300 g/mol. The zero-order valence-electron chi connectivity index (χ0n) is 10.1. The van der Waals surface area contributed by atoms with Crippen molar-refractivity contribution in [3.05, 3.63) is 34.3 Å². The summed E-state index contributed by atoms with van der Waals surface area (Å²) in [6.07, 6.45) is -0.625. The van der Waals surface area contributed by atoms with Crippen LogP contribution in [-0.4, -0.2) is 37.6 Å². The highest BCUT2D eigenvalue weighted by Crippen LogP contribution is 2.10. The first-order valence-corrected chi connectivity index (χ1v) is 6.41. The molecule has 0 radical (unpaired) electrons. The average Bonchev–Trinajstić information content (AvgIpc) is 2.38. The van der Waals surface area contributed by atoms with Gasteiger partial charge in [-0.3, -0.25) is 5.32 Å². The SMILES string of the molecule is CNC(O)COC(=O)NCCc1ccc(Br)cc1. The van der Waals surface area contributed by atoms with Crippen LogP contribution in [0.4, 0.5) is 4.79 Å². The molecular formula is C12H17BrN2O3. The van der Waals surface area contributed by atoms with Crippen LogP contribution in [0.2, 0.25) is 0 Å². The lowest BCUT2D eigenvalue weighted by molar-refractivity contribution is 0.0536. The van der Waals surface area contributed by atoms with Gasteiger partial charge in [0.2, 0.25) is 0 Å². The number of aliphatic hydroxyl groups is 1. The number of alkyl carbamates (subject to hydrolysis) is 1. The number of rotatable bonds is 6. The van der Waals surface area contributed by atoms with E-state index >= 15 is 0 Å². The van der Waals surface area contributed by atoms with E-state index in [1.54, 1.807) is 7.05 Å². The lowest BCUT2D eigenvalue weighted by Crippen LogP contribution is -2.34. The Labute approximate surface area is 115 Å². The van der Waals surface area contributed by atoms with Crippen molar-refractivity contribution in [2.45, 2.75) is 12.6 Å².